The fourth-order valence-corrected chi connectivity index (χ4v) is 2.44. The van der Waals surface area contributed by atoms with Gasteiger partial charge in [-0.2, -0.15) is 0 Å². The van der Waals surface area contributed by atoms with Crippen molar-refractivity contribution in [2.75, 3.05) is 7.11 Å². The van der Waals surface area contributed by atoms with Crippen LogP contribution in [0.1, 0.15) is 37.3 Å². The Hall–Kier alpha value is -1.78. The second-order valence-electron chi connectivity index (χ2n) is 4.58. The molecule has 98 valence electrons. The van der Waals surface area contributed by atoms with Gasteiger partial charge in [-0.15, -0.1) is 0 Å². The third-order valence-corrected chi connectivity index (χ3v) is 3.46. The summed E-state index contributed by atoms with van der Waals surface area (Å²) in [4.78, 5) is 23.5. The predicted octanol–water partition coefficient (Wildman–Crippen LogP) is 1.38. The van der Waals surface area contributed by atoms with Crippen LogP contribution in [-0.2, 0) is 16.0 Å². The number of methoxy groups -OCH3 is 1. The number of pyridine rings is 1. The molecule has 0 aliphatic heterocycles. The number of aromatic hydroxyl groups is 1. The van der Waals surface area contributed by atoms with Gasteiger partial charge in [0.2, 0.25) is 0 Å². The fraction of sp³-hybridized carbons (Fsp3) is 0.538. The molecule has 0 unspecified atom stereocenters. The van der Waals surface area contributed by atoms with Crippen LogP contribution in [0.15, 0.2) is 17.1 Å². The maximum atomic E-state index is 12.2. The first-order valence-electron chi connectivity index (χ1n) is 6.13. The topological polar surface area (TPSA) is 68.5 Å². The first kappa shape index (κ1) is 12.7. The van der Waals surface area contributed by atoms with Gasteiger partial charge in [-0.3, -0.25) is 9.59 Å². The standard InChI is InChI=1S/C13H17NO4/c1-18-12(16)8-10-11(15)6-7-14(13(10)17)9-4-2-3-5-9/h6-7,9,15H,2-5,8H2,1H3. The van der Waals surface area contributed by atoms with Crippen LogP contribution in [0.2, 0.25) is 0 Å². The first-order valence-corrected chi connectivity index (χ1v) is 6.13. The van der Waals surface area contributed by atoms with Crippen molar-refractivity contribution in [2.45, 2.75) is 38.1 Å². The second kappa shape index (κ2) is 5.25. The molecule has 0 saturated heterocycles. The van der Waals surface area contributed by atoms with Gasteiger partial charge in [0.15, 0.2) is 0 Å². The fourth-order valence-electron chi connectivity index (χ4n) is 2.44. The molecule has 1 aliphatic rings. The summed E-state index contributed by atoms with van der Waals surface area (Å²) in [5.41, 5.74) is -0.163. The largest absolute Gasteiger partial charge is 0.507 e. The maximum Gasteiger partial charge on any atom is 0.310 e. The van der Waals surface area contributed by atoms with E-state index in [1.165, 1.54) is 13.2 Å². The van der Waals surface area contributed by atoms with E-state index in [0.717, 1.165) is 25.7 Å². The SMILES string of the molecule is COC(=O)Cc1c(O)ccn(C2CCCC2)c1=O. The molecule has 1 fully saturated rings. The lowest BCUT2D eigenvalue weighted by atomic mass is 10.1. The van der Waals surface area contributed by atoms with E-state index in [4.69, 9.17) is 0 Å². The van der Waals surface area contributed by atoms with Crippen LogP contribution in [0.5, 0.6) is 5.75 Å². The molecule has 1 saturated carbocycles. The normalized spacial score (nSPS) is 15.8. The van der Waals surface area contributed by atoms with Gasteiger partial charge in [0.25, 0.3) is 5.56 Å². The van der Waals surface area contributed by atoms with E-state index in [0.29, 0.717) is 0 Å². The minimum Gasteiger partial charge on any atom is -0.507 e. The molecule has 5 heteroatoms. The molecule has 1 aromatic heterocycles. The van der Waals surface area contributed by atoms with Crippen LogP contribution in [-0.4, -0.2) is 22.8 Å². The lowest BCUT2D eigenvalue weighted by Gasteiger charge is -2.15. The average molecular weight is 251 g/mol. The van der Waals surface area contributed by atoms with E-state index in [-0.39, 0.29) is 29.3 Å². The van der Waals surface area contributed by atoms with Crippen molar-refractivity contribution in [1.82, 2.24) is 4.57 Å². The molecule has 1 N–H and O–H groups in total. The Morgan fingerprint density at radius 1 is 1.50 bits per heavy atom. The van der Waals surface area contributed by atoms with Gasteiger partial charge in [0.1, 0.15) is 5.75 Å². The number of hydrogen-bond donors (Lipinski definition) is 1. The minimum atomic E-state index is -0.522. The quantitative estimate of drug-likeness (QED) is 0.824. The van der Waals surface area contributed by atoms with Crippen LogP contribution in [0, 0.1) is 0 Å². The van der Waals surface area contributed by atoms with Crippen molar-refractivity contribution in [3.63, 3.8) is 0 Å². The van der Waals surface area contributed by atoms with E-state index in [2.05, 4.69) is 4.74 Å². The molecule has 0 amide bonds. The van der Waals surface area contributed by atoms with E-state index in [1.807, 2.05) is 0 Å². The predicted molar refractivity (Wildman–Crippen MR) is 65.6 cm³/mol. The third kappa shape index (κ3) is 2.39. The Kier molecular flexibility index (Phi) is 3.69. The van der Waals surface area contributed by atoms with Crippen molar-refractivity contribution >= 4 is 5.97 Å². The van der Waals surface area contributed by atoms with Crippen LogP contribution >= 0.6 is 0 Å². The maximum absolute atomic E-state index is 12.2. The zero-order valence-corrected chi connectivity index (χ0v) is 10.4. The molecular weight excluding hydrogens is 234 g/mol. The van der Waals surface area contributed by atoms with Gasteiger partial charge in [0, 0.05) is 12.2 Å². The van der Waals surface area contributed by atoms with E-state index < -0.39 is 5.97 Å². The molecule has 2 rings (SSSR count). The van der Waals surface area contributed by atoms with Crippen LogP contribution in [0.4, 0.5) is 0 Å². The summed E-state index contributed by atoms with van der Waals surface area (Å²) < 4.78 is 6.16. The summed E-state index contributed by atoms with van der Waals surface area (Å²) in [5.74, 6) is -0.661. The molecule has 0 radical (unpaired) electrons. The van der Waals surface area contributed by atoms with Crippen molar-refractivity contribution in [1.29, 1.82) is 0 Å². The van der Waals surface area contributed by atoms with Gasteiger partial charge >= 0.3 is 5.97 Å². The molecule has 5 nitrogen and oxygen atoms in total. The highest BCUT2D eigenvalue weighted by molar-refractivity contribution is 5.73. The monoisotopic (exact) mass is 251 g/mol. The summed E-state index contributed by atoms with van der Waals surface area (Å²) in [6.45, 7) is 0. The zero-order valence-electron chi connectivity index (χ0n) is 10.4. The number of carbonyl (C=O) groups excluding carboxylic acids is 1. The van der Waals surface area contributed by atoms with Crippen molar-refractivity contribution < 1.29 is 14.6 Å². The van der Waals surface area contributed by atoms with Crippen molar-refractivity contribution in [3.05, 3.63) is 28.2 Å². The number of esters is 1. The van der Waals surface area contributed by atoms with Crippen LogP contribution < -0.4 is 5.56 Å². The third-order valence-electron chi connectivity index (χ3n) is 3.46. The summed E-state index contributed by atoms with van der Waals surface area (Å²) in [7, 11) is 1.26. The second-order valence-corrected chi connectivity index (χ2v) is 4.58. The van der Waals surface area contributed by atoms with Crippen LogP contribution in [0.25, 0.3) is 0 Å². The molecule has 0 atom stereocenters. The van der Waals surface area contributed by atoms with Gasteiger partial charge in [-0.05, 0) is 18.9 Å². The number of ether oxygens (including phenoxy) is 1. The average Bonchev–Trinajstić information content (AvgIpc) is 2.87. The van der Waals surface area contributed by atoms with E-state index in [1.54, 1.807) is 10.8 Å². The number of rotatable bonds is 3. The summed E-state index contributed by atoms with van der Waals surface area (Å²) in [6, 6.07) is 1.66. The van der Waals surface area contributed by atoms with Crippen molar-refractivity contribution in [2.24, 2.45) is 0 Å². The van der Waals surface area contributed by atoms with Crippen molar-refractivity contribution in [3.8, 4) is 5.75 Å². The Morgan fingerprint density at radius 3 is 2.78 bits per heavy atom. The van der Waals surface area contributed by atoms with Gasteiger partial charge in [0.05, 0.1) is 19.1 Å². The first-order chi connectivity index (χ1) is 8.63. The van der Waals surface area contributed by atoms with Gasteiger partial charge in [-0.1, -0.05) is 12.8 Å². The molecule has 1 aromatic rings. The van der Waals surface area contributed by atoms with Gasteiger partial charge in [-0.25, -0.2) is 0 Å². The highest BCUT2D eigenvalue weighted by atomic mass is 16.5. The van der Waals surface area contributed by atoms with E-state index in [9.17, 15) is 14.7 Å². The van der Waals surface area contributed by atoms with Crippen LogP contribution in [0.3, 0.4) is 0 Å². The zero-order chi connectivity index (χ0) is 13.1. The Balaban J connectivity index is 2.36. The molecule has 1 aliphatic carbocycles. The summed E-state index contributed by atoms with van der Waals surface area (Å²) >= 11 is 0. The lowest BCUT2D eigenvalue weighted by molar-refractivity contribution is -0.139. The minimum absolute atomic E-state index is 0.122. The molecule has 1 heterocycles. The Bertz CT molecular complexity index is 500. The molecule has 0 bridgehead atoms. The highest BCUT2D eigenvalue weighted by Gasteiger charge is 2.21. The molecular formula is C13H17NO4. The van der Waals surface area contributed by atoms with Gasteiger partial charge < -0.3 is 14.4 Å². The summed E-state index contributed by atoms with van der Waals surface area (Å²) in [5, 5.41) is 9.68. The molecule has 18 heavy (non-hydrogen) atoms. The number of hydrogen-bond acceptors (Lipinski definition) is 4. The smallest absolute Gasteiger partial charge is 0.310 e. The number of carbonyl (C=O) groups is 1. The molecule has 0 spiro atoms. The number of aromatic nitrogens is 1. The lowest BCUT2D eigenvalue weighted by Crippen LogP contribution is -2.27. The summed E-state index contributed by atoms with van der Waals surface area (Å²) in [6.07, 6.45) is 5.60. The number of nitrogens with zero attached hydrogens (tertiary/aromatic N) is 1. The van der Waals surface area contributed by atoms with E-state index >= 15 is 0 Å². The molecule has 0 aromatic carbocycles. The Morgan fingerprint density at radius 2 is 2.17 bits per heavy atom. The Labute approximate surface area is 105 Å². The highest BCUT2D eigenvalue weighted by Crippen LogP contribution is 2.28.